The van der Waals surface area contributed by atoms with Crippen LogP contribution in [0, 0.1) is 0 Å². The van der Waals surface area contributed by atoms with E-state index < -0.39 is 0 Å². The van der Waals surface area contributed by atoms with Gasteiger partial charge in [0.1, 0.15) is 6.10 Å². The van der Waals surface area contributed by atoms with Crippen molar-refractivity contribution >= 4 is 6.08 Å². The molecule has 0 saturated heterocycles. The van der Waals surface area contributed by atoms with Crippen molar-refractivity contribution in [2.75, 3.05) is 14.2 Å². The fourth-order valence-corrected chi connectivity index (χ4v) is 2.20. The van der Waals surface area contributed by atoms with E-state index >= 15 is 0 Å². The van der Waals surface area contributed by atoms with Crippen molar-refractivity contribution in [3.05, 3.63) is 42.0 Å². The molecule has 0 spiro atoms. The van der Waals surface area contributed by atoms with Gasteiger partial charge in [-0.1, -0.05) is 51.1 Å². The summed E-state index contributed by atoms with van der Waals surface area (Å²) in [5, 5.41) is 0. The summed E-state index contributed by atoms with van der Waals surface area (Å²) in [6.07, 6.45) is 13.1. The van der Waals surface area contributed by atoms with Crippen LogP contribution in [0.15, 0.2) is 36.4 Å². The molecule has 1 atom stereocenters. The number of benzene rings is 1. The zero-order chi connectivity index (χ0) is 17.5. The third-order valence-electron chi connectivity index (χ3n) is 3.25. The molecule has 1 aromatic rings. The van der Waals surface area contributed by atoms with Gasteiger partial charge < -0.3 is 15.2 Å². The number of nitrogens with two attached hydrogens (primary N) is 1. The first kappa shape index (κ1) is 21.3. The minimum atomic E-state index is 0.268. The molecule has 1 aliphatic carbocycles. The molecule has 0 aromatic heterocycles. The zero-order valence-electron chi connectivity index (χ0n) is 15.3. The molecule has 0 saturated carbocycles. The van der Waals surface area contributed by atoms with Crippen molar-refractivity contribution in [1.82, 2.24) is 0 Å². The van der Waals surface area contributed by atoms with E-state index in [1.54, 1.807) is 7.11 Å². The summed E-state index contributed by atoms with van der Waals surface area (Å²) in [7, 11) is 3.19. The second-order valence-electron chi connectivity index (χ2n) is 4.75. The van der Waals surface area contributed by atoms with E-state index in [9.17, 15) is 0 Å². The smallest absolute Gasteiger partial charge is 0.162 e. The van der Waals surface area contributed by atoms with Crippen LogP contribution >= 0.6 is 0 Å². The number of hydrogen-bond acceptors (Lipinski definition) is 3. The molecule has 130 valence electrons. The molecular formula is C20H33NO2. The monoisotopic (exact) mass is 319 g/mol. The van der Waals surface area contributed by atoms with Gasteiger partial charge in [0.15, 0.2) is 11.5 Å². The minimum absolute atomic E-state index is 0.268. The van der Waals surface area contributed by atoms with Crippen molar-refractivity contribution < 1.29 is 9.47 Å². The van der Waals surface area contributed by atoms with E-state index in [0.29, 0.717) is 0 Å². The quantitative estimate of drug-likeness (QED) is 0.758. The number of rotatable bonds is 5. The molecule has 0 heterocycles. The maximum Gasteiger partial charge on any atom is 0.162 e. The Kier molecular flexibility index (Phi) is 12.8. The third kappa shape index (κ3) is 7.89. The van der Waals surface area contributed by atoms with E-state index in [-0.39, 0.29) is 6.10 Å². The number of hydrogen-bond donors (Lipinski definition) is 1. The highest BCUT2D eigenvalue weighted by atomic mass is 16.5. The molecule has 2 N–H and O–H groups in total. The normalized spacial score (nSPS) is 16.0. The Morgan fingerprint density at radius 2 is 1.91 bits per heavy atom. The summed E-state index contributed by atoms with van der Waals surface area (Å²) >= 11 is 0. The lowest BCUT2D eigenvalue weighted by Crippen LogP contribution is -2.17. The first-order chi connectivity index (χ1) is 11.3. The van der Waals surface area contributed by atoms with Crippen molar-refractivity contribution in [3.8, 4) is 11.5 Å². The van der Waals surface area contributed by atoms with Gasteiger partial charge in [0, 0.05) is 6.42 Å². The van der Waals surface area contributed by atoms with E-state index in [0.717, 1.165) is 42.7 Å². The summed E-state index contributed by atoms with van der Waals surface area (Å²) in [5.41, 5.74) is 5.66. The highest BCUT2D eigenvalue weighted by molar-refractivity contribution is 5.55. The Morgan fingerprint density at radius 3 is 2.48 bits per heavy atom. The number of allylic oxidation sites excluding steroid dienone is 2. The van der Waals surface area contributed by atoms with Gasteiger partial charge in [0.25, 0.3) is 0 Å². The molecule has 0 aliphatic heterocycles. The van der Waals surface area contributed by atoms with Gasteiger partial charge in [-0.15, -0.1) is 0 Å². The predicted molar refractivity (Wildman–Crippen MR) is 101 cm³/mol. The average Bonchev–Trinajstić information content (AvgIpc) is 2.64. The molecule has 23 heavy (non-hydrogen) atoms. The molecule has 3 nitrogen and oxygen atoms in total. The molecular weight excluding hydrogens is 286 g/mol. The van der Waals surface area contributed by atoms with E-state index in [1.807, 2.05) is 19.9 Å². The fraction of sp³-hybridized carbons (Fsp3) is 0.500. The lowest BCUT2D eigenvalue weighted by molar-refractivity contribution is 0.183. The van der Waals surface area contributed by atoms with Crippen molar-refractivity contribution in [3.63, 3.8) is 0 Å². The van der Waals surface area contributed by atoms with Crippen LogP contribution in [-0.2, 0) is 0 Å². The van der Waals surface area contributed by atoms with E-state index in [1.165, 1.54) is 7.05 Å². The van der Waals surface area contributed by atoms with Gasteiger partial charge in [-0.25, -0.2) is 0 Å². The molecule has 0 amide bonds. The Morgan fingerprint density at radius 1 is 1.17 bits per heavy atom. The highest BCUT2D eigenvalue weighted by Gasteiger charge is 2.14. The van der Waals surface area contributed by atoms with Crippen LogP contribution < -0.4 is 15.2 Å². The van der Waals surface area contributed by atoms with Crippen LogP contribution in [0.5, 0.6) is 11.5 Å². The summed E-state index contributed by atoms with van der Waals surface area (Å²) in [6.45, 7) is 6.13. The van der Waals surface area contributed by atoms with Gasteiger partial charge in [-0.3, -0.25) is 0 Å². The van der Waals surface area contributed by atoms with Crippen LogP contribution in [0.3, 0.4) is 0 Å². The van der Waals surface area contributed by atoms with E-state index in [2.05, 4.69) is 49.1 Å². The summed E-state index contributed by atoms with van der Waals surface area (Å²) in [6, 6.07) is 6.09. The summed E-state index contributed by atoms with van der Waals surface area (Å²) in [5.74, 6) is 1.66. The first-order valence-electron chi connectivity index (χ1n) is 8.57. The van der Waals surface area contributed by atoms with Crippen LogP contribution in [-0.4, -0.2) is 20.3 Å². The molecule has 2 rings (SSSR count). The van der Waals surface area contributed by atoms with Gasteiger partial charge in [0.2, 0.25) is 0 Å². The topological polar surface area (TPSA) is 44.5 Å². The van der Waals surface area contributed by atoms with Crippen LogP contribution in [0.4, 0.5) is 0 Å². The largest absolute Gasteiger partial charge is 0.493 e. The highest BCUT2D eigenvalue weighted by Crippen LogP contribution is 2.31. The number of methoxy groups -OCH3 is 1. The first-order valence-corrected chi connectivity index (χ1v) is 8.57. The average molecular weight is 319 g/mol. The minimum Gasteiger partial charge on any atom is -0.493 e. The molecule has 1 aromatic carbocycles. The SMILES string of the molecule is CC.CC/C=C/c1ccc(OC)c(O[C@@H]2CC=CCC2)c1.CN. The van der Waals surface area contributed by atoms with Crippen molar-refractivity contribution in [2.45, 2.75) is 52.6 Å². The maximum absolute atomic E-state index is 6.09. The Balaban J connectivity index is 0.00000112. The predicted octanol–water partition coefficient (Wildman–Crippen LogP) is 5.21. The molecule has 0 bridgehead atoms. The third-order valence-corrected chi connectivity index (χ3v) is 3.25. The van der Waals surface area contributed by atoms with Gasteiger partial charge in [-0.05, 0) is 44.0 Å². The Bertz CT molecular complexity index is 467. The standard InChI is InChI=1S/C17H22O2.C2H6.CH5N/c1-3-4-8-14-11-12-16(18-2)17(13-14)19-15-9-6-5-7-10-15;2*1-2/h4-6,8,11-13,15H,3,7,9-10H2,1-2H3;1-2H3;2H2,1H3/b8-4+;;/t15-;;/m1../s1. The van der Waals surface area contributed by atoms with Crippen LogP contribution in [0.1, 0.15) is 52.0 Å². The second-order valence-corrected chi connectivity index (χ2v) is 4.75. The van der Waals surface area contributed by atoms with Crippen molar-refractivity contribution in [2.24, 2.45) is 5.73 Å². The Hall–Kier alpha value is -1.74. The lowest BCUT2D eigenvalue weighted by atomic mass is 10.0. The van der Waals surface area contributed by atoms with Crippen molar-refractivity contribution in [1.29, 1.82) is 0 Å². The van der Waals surface area contributed by atoms with Gasteiger partial charge >= 0.3 is 0 Å². The second kappa shape index (κ2) is 13.9. The summed E-state index contributed by atoms with van der Waals surface area (Å²) < 4.78 is 11.5. The van der Waals surface area contributed by atoms with Crippen LogP contribution in [0.25, 0.3) is 6.08 Å². The van der Waals surface area contributed by atoms with Gasteiger partial charge in [-0.2, -0.15) is 0 Å². The van der Waals surface area contributed by atoms with E-state index in [4.69, 9.17) is 9.47 Å². The lowest BCUT2D eigenvalue weighted by Gasteiger charge is -2.21. The molecule has 1 aliphatic rings. The number of ether oxygens (including phenoxy) is 2. The molecule has 3 heteroatoms. The fourth-order valence-electron chi connectivity index (χ4n) is 2.20. The molecule has 0 fully saturated rings. The Labute approximate surface area is 142 Å². The summed E-state index contributed by atoms with van der Waals surface area (Å²) in [4.78, 5) is 0. The maximum atomic E-state index is 6.09. The van der Waals surface area contributed by atoms with Gasteiger partial charge in [0.05, 0.1) is 7.11 Å². The molecule has 0 radical (unpaired) electrons. The zero-order valence-corrected chi connectivity index (χ0v) is 15.3. The molecule has 0 unspecified atom stereocenters. The van der Waals surface area contributed by atoms with Crippen LogP contribution in [0.2, 0.25) is 0 Å².